The first kappa shape index (κ1) is 30.3. The fraction of sp³-hybridized carbons (Fsp3) is 0.346. The molecule has 11 nitrogen and oxygen atoms in total. The number of carboxylic acid groups (broad SMARTS) is 1. The lowest BCUT2D eigenvalue weighted by Crippen LogP contribution is -2.58. The Morgan fingerprint density at radius 2 is 1.16 bits per heavy atom. The maximum atomic E-state index is 13.4. The van der Waals surface area contributed by atoms with Crippen LogP contribution in [-0.4, -0.2) is 64.6 Å². The zero-order valence-electron chi connectivity index (χ0n) is 20.7. The van der Waals surface area contributed by atoms with Gasteiger partial charge in [-0.1, -0.05) is 60.7 Å². The molecule has 8 N–H and O–H groups in total. The van der Waals surface area contributed by atoms with Crippen molar-refractivity contribution in [2.24, 2.45) is 11.5 Å². The highest BCUT2D eigenvalue weighted by molar-refractivity contribution is 7.80. The largest absolute Gasteiger partial charge is 0.480 e. The van der Waals surface area contributed by atoms with Crippen molar-refractivity contribution >= 4 is 42.2 Å². The molecule has 0 radical (unpaired) electrons. The molecule has 2 rings (SSSR count). The predicted molar refractivity (Wildman–Crippen MR) is 144 cm³/mol. The van der Waals surface area contributed by atoms with E-state index in [4.69, 9.17) is 11.5 Å². The maximum Gasteiger partial charge on any atom is 0.326 e. The third kappa shape index (κ3) is 10.2. The lowest BCUT2D eigenvalue weighted by atomic mass is 10.0. The highest BCUT2D eigenvalue weighted by Gasteiger charge is 2.30. The van der Waals surface area contributed by atoms with Crippen molar-refractivity contribution in [3.8, 4) is 0 Å². The number of amides is 4. The third-order valence-corrected chi connectivity index (χ3v) is 6.05. The van der Waals surface area contributed by atoms with E-state index in [-0.39, 0.29) is 31.4 Å². The van der Waals surface area contributed by atoms with Crippen LogP contribution in [0.25, 0.3) is 0 Å². The molecule has 12 heteroatoms. The Balaban J connectivity index is 2.28. The van der Waals surface area contributed by atoms with Crippen LogP contribution < -0.4 is 27.4 Å². The molecule has 0 aliphatic carbocycles. The summed E-state index contributed by atoms with van der Waals surface area (Å²) in [6.07, 6.45) is -0.295. The number of hydrogen-bond donors (Lipinski definition) is 7. The Kier molecular flexibility index (Phi) is 12.3. The lowest BCUT2D eigenvalue weighted by molar-refractivity contribution is -0.142. The first-order valence-electron chi connectivity index (χ1n) is 12.0. The Bertz CT molecular complexity index is 1100. The van der Waals surface area contributed by atoms with Gasteiger partial charge in [0.2, 0.25) is 23.6 Å². The van der Waals surface area contributed by atoms with Gasteiger partial charge in [0.1, 0.15) is 18.1 Å². The number of thiol groups is 1. The molecule has 0 bridgehead atoms. The van der Waals surface area contributed by atoms with Crippen molar-refractivity contribution in [3.63, 3.8) is 0 Å². The molecule has 4 amide bonds. The smallest absolute Gasteiger partial charge is 0.326 e. The van der Waals surface area contributed by atoms with Crippen LogP contribution in [0.15, 0.2) is 60.7 Å². The molecule has 0 fully saturated rings. The molecule has 0 aromatic heterocycles. The van der Waals surface area contributed by atoms with Gasteiger partial charge in [0.05, 0.1) is 6.04 Å². The lowest BCUT2D eigenvalue weighted by Gasteiger charge is -2.25. The predicted octanol–water partition coefficient (Wildman–Crippen LogP) is -0.467. The van der Waals surface area contributed by atoms with E-state index in [2.05, 4.69) is 28.6 Å². The molecular formula is C26H33N5O6S. The summed E-state index contributed by atoms with van der Waals surface area (Å²) in [6, 6.07) is 13.2. The van der Waals surface area contributed by atoms with E-state index in [1.807, 2.05) is 6.07 Å². The van der Waals surface area contributed by atoms with E-state index < -0.39 is 53.8 Å². The molecule has 0 unspecified atom stereocenters. The fourth-order valence-electron chi connectivity index (χ4n) is 3.57. The van der Waals surface area contributed by atoms with Crippen molar-refractivity contribution in [3.05, 3.63) is 71.8 Å². The minimum Gasteiger partial charge on any atom is -0.480 e. The first-order chi connectivity index (χ1) is 18.1. The standard InChI is InChI=1S/C26H33N5O6S/c27-18(15-38)23(33)30-20(13-16-7-3-1-4-8-16)25(35)31-21(14-17-9-5-2-6-10-17)24(34)29-19(26(36)37)11-12-22(28)32/h1-10,18-21,38H,11-15,27H2,(H2,28,32)(H,29,34)(H,30,33)(H,31,35)(H,36,37)/t18-,19-,20-,21-/m0/s1. The molecule has 4 atom stereocenters. The number of rotatable bonds is 15. The van der Waals surface area contributed by atoms with Gasteiger partial charge in [0.15, 0.2) is 0 Å². The van der Waals surface area contributed by atoms with E-state index >= 15 is 0 Å². The minimum absolute atomic E-state index is 0.0444. The quantitative estimate of drug-likeness (QED) is 0.148. The second-order valence-corrected chi connectivity index (χ2v) is 9.06. The molecule has 0 saturated heterocycles. The minimum atomic E-state index is -1.39. The van der Waals surface area contributed by atoms with Crippen LogP contribution in [0.1, 0.15) is 24.0 Å². The SMILES string of the molecule is NC(=O)CC[C@H](NC(=O)[C@H](Cc1ccccc1)NC(=O)[C@H](Cc1ccccc1)NC(=O)[C@@H](N)CS)C(=O)O. The summed E-state index contributed by atoms with van der Waals surface area (Å²) in [7, 11) is 0. The van der Waals surface area contributed by atoms with Crippen LogP contribution >= 0.6 is 12.6 Å². The summed E-state index contributed by atoms with van der Waals surface area (Å²) in [6.45, 7) is 0. The van der Waals surface area contributed by atoms with Crippen molar-refractivity contribution in [1.82, 2.24) is 16.0 Å². The zero-order valence-corrected chi connectivity index (χ0v) is 21.6. The molecule has 0 saturated carbocycles. The number of nitrogens with two attached hydrogens (primary N) is 2. The molecular weight excluding hydrogens is 510 g/mol. The number of carboxylic acids is 1. The Morgan fingerprint density at radius 1 is 0.737 bits per heavy atom. The molecule has 0 spiro atoms. The van der Waals surface area contributed by atoms with Crippen LogP contribution in [0.3, 0.4) is 0 Å². The first-order valence-corrected chi connectivity index (χ1v) is 12.6. The fourth-order valence-corrected chi connectivity index (χ4v) is 3.73. The van der Waals surface area contributed by atoms with E-state index in [1.165, 1.54) is 0 Å². The molecule has 0 aliphatic rings. The van der Waals surface area contributed by atoms with Crippen molar-refractivity contribution < 1.29 is 29.1 Å². The Labute approximate surface area is 226 Å². The highest BCUT2D eigenvalue weighted by Crippen LogP contribution is 2.08. The van der Waals surface area contributed by atoms with Gasteiger partial charge >= 0.3 is 5.97 Å². The number of aliphatic carboxylic acids is 1. The third-order valence-electron chi connectivity index (χ3n) is 5.66. The van der Waals surface area contributed by atoms with Crippen LogP contribution in [0, 0.1) is 0 Å². The monoisotopic (exact) mass is 543 g/mol. The molecule has 204 valence electrons. The summed E-state index contributed by atoms with van der Waals surface area (Å²) >= 11 is 4.03. The summed E-state index contributed by atoms with van der Waals surface area (Å²) in [5.41, 5.74) is 12.4. The summed E-state index contributed by atoms with van der Waals surface area (Å²) < 4.78 is 0. The van der Waals surface area contributed by atoms with Gasteiger partial charge in [-0.25, -0.2) is 4.79 Å². The van der Waals surface area contributed by atoms with Crippen molar-refractivity contribution in [2.75, 3.05) is 5.75 Å². The van der Waals surface area contributed by atoms with Crippen LogP contribution in [-0.2, 0) is 36.8 Å². The Morgan fingerprint density at radius 3 is 1.55 bits per heavy atom. The van der Waals surface area contributed by atoms with Gasteiger partial charge in [0.25, 0.3) is 0 Å². The molecule has 2 aromatic rings. The van der Waals surface area contributed by atoms with Crippen molar-refractivity contribution in [1.29, 1.82) is 0 Å². The highest BCUT2D eigenvalue weighted by atomic mass is 32.1. The zero-order chi connectivity index (χ0) is 28.1. The van der Waals surface area contributed by atoms with Gasteiger partial charge in [-0.2, -0.15) is 12.6 Å². The molecule has 0 heterocycles. The number of hydrogen-bond acceptors (Lipinski definition) is 7. The summed E-state index contributed by atoms with van der Waals surface area (Å²) in [5.74, 6) is -4.01. The van der Waals surface area contributed by atoms with Gasteiger partial charge in [0, 0.05) is 25.0 Å². The molecule has 0 aliphatic heterocycles. The molecule has 2 aromatic carbocycles. The number of nitrogens with one attached hydrogen (secondary N) is 3. The van der Waals surface area contributed by atoms with Gasteiger partial charge in [-0.15, -0.1) is 0 Å². The number of carbonyl (C=O) groups excluding carboxylic acids is 4. The van der Waals surface area contributed by atoms with E-state index in [0.717, 1.165) is 5.56 Å². The van der Waals surface area contributed by atoms with Gasteiger partial charge in [-0.3, -0.25) is 19.2 Å². The number of carbonyl (C=O) groups is 5. The topological polar surface area (TPSA) is 194 Å². The second kappa shape index (κ2) is 15.4. The second-order valence-electron chi connectivity index (χ2n) is 8.70. The number of primary amides is 1. The van der Waals surface area contributed by atoms with E-state index in [9.17, 15) is 29.1 Å². The van der Waals surface area contributed by atoms with E-state index in [0.29, 0.717) is 5.56 Å². The normalized spacial score (nSPS) is 13.8. The molecule has 38 heavy (non-hydrogen) atoms. The van der Waals surface area contributed by atoms with Crippen LogP contribution in [0.2, 0.25) is 0 Å². The van der Waals surface area contributed by atoms with Crippen LogP contribution in [0.5, 0.6) is 0 Å². The average molecular weight is 544 g/mol. The van der Waals surface area contributed by atoms with E-state index in [1.54, 1.807) is 54.6 Å². The van der Waals surface area contributed by atoms with Gasteiger partial charge in [-0.05, 0) is 17.5 Å². The summed E-state index contributed by atoms with van der Waals surface area (Å²) in [4.78, 5) is 61.8. The Hall–Kier alpha value is -3.90. The van der Waals surface area contributed by atoms with Crippen molar-refractivity contribution in [2.45, 2.75) is 49.9 Å². The van der Waals surface area contributed by atoms with Gasteiger partial charge < -0.3 is 32.5 Å². The van der Waals surface area contributed by atoms with Crippen LogP contribution in [0.4, 0.5) is 0 Å². The summed E-state index contributed by atoms with van der Waals surface area (Å²) in [5, 5.41) is 17.1. The number of benzene rings is 2. The average Bonchev–Trinajstić information content (AvgIpc) is 2.90. The maximum absolute atomic E-state index is 13.4.